The second kappa shape index (κ2) is 7.84. The lowest BCUT2D eigenvalue weighted by molar-refractivity contribution is 0.00412. The Bertz CT molecular complexity index is 385. The van der Waals surface area contributed by atoms with Gasteiger partial charge in [-0.25, -0.2) is 4.79 Å². The first-order valence-corrected chi connectivity index (χ1v) is 8.99. The molecule has 0 aromatic carbocycles. The predicted molar refractivity (Wildman–Crippen MR) is 89.3 cm³/mol. The molecule has 1 aliphatic heterocycles. The van der Waals surface area contributed by atoms with Gasteiger partial charge in [-0.3, -0.25) is 4.90 Å². The maximum absolute atomic E-state index is 12.6. The molecular formula is C18H33NO4. The maximum Gasteiger partial charge on any atom is 0.410 e. The van der Waals surface area contributed by atoms with Crippen LogP contribution in [0, 0.1) is 5.92 Å². The van der Waals surface area contributed by atoms with Gasteiger partial charge in [0.25, 0.3) is 0 Å². The first kappa shape index (κ1) is 18.5. The fourth-order valence-corrected chi connectivity index (χ4v) is 3.97. The number of likely N-dealkylation sites (tertiary alicyclic amines) is 1. The van der Waals surface area contributed by atoms with Gasteiger partial charge in [-0.1, -0.05) is 0 Å². The van der Waals surface area contributed by atoms with Gasteiger partial charge < -0.3 is 14.6 Å². The lowest BCUT2D eigenvalue weighted by Crippen LogP contribution is -2.46. The molecule has 0 spiro atoms. The van der Waals surface area contributed by atoms with Crippen LogP contribution in [-0.4, -0.2) is 53.6 Å². The highest BCUT2D eigenvalue weighted by molar-refractivity contribution is 5.69. The maximum atomic E-state index is 12.6. The molecule has 1 amide bonds. The summed E-state index contributed by atoms with van der Waals surface area (Å²) in [5, 5.41) is 9.61. The number of methoxy groups -OCH3 is 1. The summed E-state index contributed by atoms with van der Waals surface area (Å²) in [7, 11) is 1.79. The minimum Gasteiger partial charge on any atom is -0.444 e. The van der Waals surface area contributed by atoms with Gasteiger partial charge in [0.15, 0.2) is 0 Å². The Morgan fingerprint density at radius 2 is 1.70 bits per heavy atom. The Labute approximate surface area is 140 Å². The van der Waals surface area contributed by atoms with Crippen LogP contribution in [0.3, 0.4) is 0 Å². The number of hydrogen-bond donors (Lipinski definition) is 1. The van der Waals surface area contributed by atoms with Crippen molar-refractivity contribution in [2.24, 2.45) is 5.92 Å². The third-order valence-electron chi connectivity index (χ3n) is 5.17. The third kappa shape index (κ3) is 5.08. The van der Waals surface area contributed by atoms with E-state index >= 15 is 0 Å². The molecule has 1 aliphatic carbocycles. The average molecular weight is 327 g/mol. The number of hydrogen-bond acceptors (Lipinski definition) is 4. The largest absolute Gasteiger partial charge is 0.444 e. The molecule has 2 fully saturated rings. The number of nitrogens with zero attached hydrogens (tertiary/aromatic N) is 1. The van der Waals surface area contributed by atoms with E-state index in [2.05, 4.69) is 0 Å². The summed E-state index contributed by atoms with van der Waals surface area (Å²) in [6, 6.07) is 0.108. The number of ether oxygens (including phenoxy) is 2. The number of carbonyl (C=O) groups is 1. The van der Waals surface area contributed by atoms with Crippen LogP contribution in [0.1, 0.15) is 65.7 Å². The van der Waals surface area contributed by atoms with Crippen LogP contribution in [-0.2, 0) is 9.47 Å². The van der Waals surface area contributed by atoms with Crippen LogP contribution in [0.15, 0.2) is 0 Å². The van der Waals surface area contributed by atoms with Crippen molar-refractivity contribution < 1.29 is 19.4 Å². The minimum absolute atomic E-state index is 0.0200. The van der Waals surface area contributed by atoms with E-state index < -0.39 is 5.60 Å². The van der Waals surface area contributed by atoms with Gasteiger partial charge in [0.2, 0.25) is 0 Å². The molecule has 2 atom stereocenters. The van der Waals surface area contributed by atoms with Crippen molar-refractivity contribution in [1.82, 2.24) is 4.90 Å². The second-order valence-corrected chi connectivity index (χ2v) is 8.07. The summed E-state index contributed by atoms with van der Waals surface area (Å²) in [6.45, 7) is 5.67. The number of aliphatic hydroxyl groups is 1. The highest BCUT2D eigenvalue weighted by atomic mass is 16.6. The molecule has 0 radical (unpaired) electrons. The van der Waals surface area contributed by atoms with Crippen molar-refractivity contribution in [3.05, 3.63) is 0 Å². The monoisotopic (exact) mass is 327 g/mol. The van der Waals surface area contributed by atoms with Gasteiger partial charge in [0.05, 0.1) is 18.8 Å². The third-order valence-corrected chi connectivity index (χ3v) is 5.17. The quantitative estimate of drug-likeness (QED) is 0.860. The summed E-state index contributed by atoms with van der Waals surface area (Å²) < 4.78 is 11.0. The van der Waals surface area contributed by atoms with Gasteiger partial charge in [-0.2, -0.15) is 0 Å². The van der Waals surface area contributed by atoms with E-state index in [9.17, 15) is 9.90 Å². The lowest BCUT2D eigenvalue weighted by Gasteiger charge is -2.35. The molecule has 1 saturated carbocycles. The summed E-state index contributed by atoms with van der Waals surface area (Å²) in [6.07, 6.45) is 7.55. The zero-order valence-corrected chi connectivity index (χ0v) is 15.1. The molecular weight excluding hydrogens is 294 g/mol. The molecule has 2 rings (SSSR count). The van der Waals surface area contributed by atoms with Gasteiger partial charge >= 0.3 is 6.09 Å². The Morgan fingerprint density at radius 1 is 1.09 bits per heavy atom. The highest BCUT2D eigenvalue weighted by Crippen LogP contribution is 2.35. The molecule has 5 heteroatoms. The van der Waals surface area contributed by atoms with Crippen LogP contribution in [0.4, 0.5) is 4.79 Å². The van der Waals surface area contributed by atoms with Crippen LogP contribution >= 0.6 is 0 Å². The molecule has 0 aromatic rings. The lowest BCUT2D eigenvalue weighted by atomic mass is 9.83. The molecule has 134 valence electrons. The Balaban J connectivity index is 1.95. The average Bonchev–Trinajstić information content (AvgIpc) is 2.89. The van der Waals surface area contributed by atoms with E-state index in [1.807, 2.05) is 25.7 Å². The zero-order chi connectivity index (χ0) is 17.0. The Hall–Kier alpha value is -0.810. The van der Waals surface area contributed by atoms with Crippen molar-refractivity contribution in [1.29, 1.82) is 0 Å². The second-order valence-electron chi connectivity index (χ2n) is 8.07. The molecule has 5 nitrogen and oxygen atoms in total. The fraction of sp³-hybridized carbons (Fsp3) is 0.944. The van der Waals surface area contributed by atoms with Crippen LogP contribution in [0.2, 0.25) is 0 Å². The van der Waals surface area contributed by atoms with Crippen molar-refractivity contribution in [3.8, 4) is 0 Å². The molecule has 0 bridgehead atoms. The van der Waals surface area contributed by atoms with Gasteiger partial charge in [-0.15, -0.1) is 0 Å². The molecule has 0 aromatic heterocycles. The molecule has 1 N–H and O–H groups in total. The van der Waals surface area contributed by atoms with Crippen molar-refractivity contribution in [2.45, 2.75) is 89.5 Å². The van der Waals surface area contributed by atoms with Crippen LogP contribution in [0.25, 0.3) is 0 Å². The highest BCUT2D eigenvalue weighted by Gasteiger charge is 2.40. The minimum atomic E-state index is -0.499. The SMILES string of the molecule is COC1CCC(C[C@@H]2CC[C@H](CO)N2C(=O)OC(C)(C)C)CC1. The first-order valence-electron chi connectivity index (χ1n) is 8.99. The van der Waals surface area contributed by atoms with E-state index in [0.717, 1.165) is 32.1 Å². The summed E-state index contributed by atoms with van der Waals surface area (Å²) >= 11 is 0. The molecule has 23 heavy (non-hydrogen) atoms. The van der Waals surface area contributed by atoms with Gasteiger partial charge in [-0.05, 0) is 71.6 Å². The molecule has 1 saturated heterocycles. The van der Waals surface area contributed by atoms with Gasteiger partial charge in [0.1, 0.15) is 5.60 Å². The number of amides is 1. The fourth-order valence-electron chi connectivity index (χ4n) is 3.97. The van der Waals surface area contributed by atoms with E-state index in [0.29, 0.717) is 12.0 Å². The number of aliphatic hydroxyl groups excluding tert-OH is 1. The predicted octanol–water partition coefficient (Wildman–Crippen LogP) is 3.34. The zero-order valence-electron chi connectivity index (χ0n) is 15.1. The van der Waals surface area contributed by atoms with E-state index in [4.69, 9.17) is 9.47 Å². The summed E-state index contributed by atoms with van der Waals surface area (Å²) in [5.41, 5.74) is -0.499. The Kier molecular flexibility index (Phi) is 6.32. The molecule has 1 heterocycles. The first-order chi connectivity index (χ1) is 10.8. The van der Waals surface area contributed by atoms with Crippen LogP contribution in [0.5, 0.6) is 0 Å². The van der Waals surface area contributed by atoms with Crippen LogP contribution < -0.4 is 0 Å². The number of rotatable bonds is 4. The molecule has 0 unspecified atom stereocenters. The van der Waals surface area contributed by atoms with Gasteiger partial charge in [0, 0.05) is 13.2 Å². The van der Waals surface area contributed by atoms with Crippen molar-refractivity contribution in [2.75, 3.05) is 13.7 Å². The van der Waals surface area contributed by atoms with E-state index in [-0.39, 0.29) is 24.8 Å². The smallest absolute Gasteiger partial charge is 0.410 e. The topological polar surface area (TPSA) is 59.0 Å². The summed E-state index contributed by atoms with van der Waals surface area (Å²) in [5.74, 6) is 0.647. The standard InChI is InChI=1S/C18H33NO4/c1-18(2,3)23-17(21)19-14(7-8-15(19)12-20)11-13-5-9-16(22-4)10-6-13/h13-16,20H,5-12H2,1-4H3/t13?,14-,15+,16?/m0/s1. The van der Waals surface area contributed by atoms with Crippen molar-refractivity contribution in [3.63, 3.8) is 0 Å². The van der Waals surface area contributed by atoms with E-state index in [1.165, 1.54) is 12.8 Å². The van der Waals surface area contributed by atoms with Crippen molar-refractivity contribution >= 4 is 6.09 Å². The summed E-state index contributed by atoms with van der Waals surface area (Å²) in [4.78, 5) is 14.4. The Morgan fingerprint density at radius 3 is 2.22 bits per heavy atom. The normalized spacial score (nSPS) is 32.1. The number of carbonyl (C=O) groups excluding carboxylic acids is 1. The molecule has 2 aliphatic rings. The van der Waals surface area contributed by atoms with E-state index in [1.54, 1.807) is 7.11 Å².